The van der Waals surface area contributed by atoms with E-state index in [1.807, 2.05) is 12.1 Å². The third kappa shape index (κ3) is 6.07. The molecule has 0 saturated carbocycles. The van der Waals surface area contributed by atoms with Crippen molar-refractivity contribution in [1.82, 2.24) is 10.2 Å². The zero-order valence-electron chi connectivity index (χ0n) is 27.5. The van der Waals surface area contributed by atoms with E-state index in [2.05, 4.69) is 203 Å². The number of hydrogen-bond acceptors (Lipinski definition) is 4. The van der Waals surface area contributed by atoms with E-state index in [1.54, 1.807) is 0 Å². The summed E-state index contributed by atoms with van der Waals surface area (Å²) in [6, 6.07) is 70.8. The van der Waals surface area contributed by atoms with E-state index in [9.17, 15) is 0 Å². The molecule has 4 nitrogen and oxygen atoms in total. The largest absolute Gasteiger partial charge is 0.416 e. The fraction of sp³-hybridized carbons (Fsp3) is 0.0222. The van der Waals surface area contributed by atoms with Crippen LogP contribution >= 0.6 is 0 Å². The number of anilines is 2. The number of benzene rings is 7. The summed E-state index contributed by atoms with van der Waals surface area (Å²) in [5.41, 5.74) is 5.22. The number of hydrogen-bond donors (Lipinski definition) is 0. The molecule has 0 fully saturated rings. The molecule has 0 aliphatic rings. The maximum Gasteiger partial charge on any atom is 0.248 e. The molecule has 240 valence electrons. The van der Waals surface area contributed by atoms with Gasteiger partial charge in [0.15, 0.2) is 8.07 Å². The monoisotopic (exact) mass is 661 g/mol. The van der Waals surface area contributed by atoms with Crippen LogP contribution in [-0.2, 0) is 6.54 Å². The van der Waals surface area contributed by atoms with Crippen molar-refractivity contribution in [1.29, 1.82) is 0 Å². The Morgan fingerprint density at radius 2 is 0.740 bits per heavy atom. The second kappa shape index (κ2) is 14.0. The Hall–Kier alpha value is -6.30. The lowest BCUT2D eigenvalue weighted by Gasteiger charge is -2.34. The Labute approximate surface area is 294 Å². The average molecular weight is 662 g/mol. The Balaban J connectivity index is 1.11. The van der Waals surface area contributed by atoms with E-state index in [0.717, 1.165) is 29.0 Å². The van der Waals surface area contributed by atoms with E-state index < -0.39 is 8.07 Å². The molecule has 0 amide bonds. The molecule has 0 radical (unpaired) electrons. The molecule has 5 heteroatoms. The van der Waals surface area contributed by atoms with Gasteiger partial charge in [-0.2, -0.15) is 0 Å². The maximum absolute atomic E-state index is 6.29. The summed E-state index contributed by atoms with van der Waals surface area (Å²) >= 11 is 0. The molecule has 0 saturated heterocycles. The Bertz CT molecular complexity index is 2160. The zero-order chi connectivity index (χ0) is 33.6. The van der Waals surface area contributed by atoms with Crippen molar-refractivity contribution in [3.8, 4) is 22.9 Å². The first kappa shape index (κ1) is 31.0. The fourth-order valence-electron chi connectivity index (χ4n) is 6.87. The quantitative estimate of drug-likeness (QED) is 0.110. The summed E-state index contributed by atoms with van der Waals surface area (Å²) in [4.78, 5) is 2.31. The van der Waals surface area contributed by atoms with Gasteiger partial charge in [-0.15, -0.1) is 10.2 Å². The molecule has 0 unspecified atom stereocenters. The van der Waals surface area contributed by atoms with E-state index in [-0.39, 0.29) is 0 Å². The van der Waals surface area contributed by atoms with Gasteiger partial charge in [-0.25, -0.2) is 0 Å². The summed E-state index contributed by atoms with van der Waals surface area (Å²) in [6.45, 7) is 0.758. The second-order valence-electron chi connectivity index (χ2n) is 12.3. The molecule has 0 spiro atoms. The molecule has 0 aliphatic heterocycles. The first-order valence-electron chi connectivity index (χ1n) is 16.9. The molecule has 0 N–H and O–H groups in total. The molecule has 8 aromatic rings. The Morgan fingerprint density at radius 3 is 1.20 bits per heavy atom. The van der Waals surface area contributed by atoms with Crippen molar-refractivity contribution in [3.05, 3.63) is 206 Å². The van der Waals surface area contributed by atoms with Gasteiger partial charge in [0, 0.05) is 29.0 Å². The minimum Gasteiger partial charge on any atom is -0.416 e. The molecule has 1 aromatic heterocycles. The van der Waals surface area contributed by atoms with Gasteiger partial charge in [-0.3, -0.25) is 0 Å². The molecule has 0 bridgehead atoms. The van der Waals surface area contributed by atoms with Crippen molar-refractivity contribution in [2.24, 2.45) is 0 Å². The third-order valence-electron chi connectivity index (χ3n) is 9.29. The third-order valence-corrected chi connectivity index (χ3v) is 14.1. The number of rotatable bonds is 10. The normalized spacial score (nSPS) is 11.3. The van der Waals surface area contributed by atoms with Gasteiger partial charge >= 0.3 is 0 Å². The first-order valence-corrected chi connectivity index (χ1v) is 18.9. The Kier molecular flexibility index (Phi) is 8.71. The van der Waals surface area contributed by atoms with E-state index in [1.165, 1.54) is 26.3 Å². The van der Waals surface area contributed by atoms with Crippen molar-refractivity contribution in [2.45, 2.75) is 6.54 Å². The number of aromatic nitrogens is 2. The predicted octanol–water partition coefficient (Wildman–Crippen LogP) is 8.12. The highest BCUT2D eigenvalue weighted by Crippen LogP contribution is 2.30. The summed E-state index contributed by atoms with van der Waals surface area (Å²) in [7, 11) is -2.61. The molecule has 7 aromatic carbocycles. The van der Waals surface area contributed by atoms with Crippen LogP contribution in [0.2, 0.25) is 0 Å². The highest BCUT2D eigenvalue weighted by Gasteiger charge is 2.41. The zero-order valence-corrected chi connectivity index (χ0v) is 28.5. The van der Waals surface area contributed by atoms with Crippen molar-refractivity contribution < 1.29 is 4.42 Å². The van der Waals surface area contributed by atoms with Gasteiger partial charge in [0.25, 0.3) is 0 Å². The first-order chi connectivity index (χ1) is 24.8. The van der Waals surface area contributed by atoms with Crippen LogP contribution in [0.1, 0.15) is 5.56 Å². The lowest BCUT2D eigenvalue weighted by molar-refractivity contribution is 0.584. The highest BCUT2D eigenvalue weighted by atomic mass is 28.3. The van der Waals surface area contributed by atoms with E-state index >= 15 is 0 Å². The van der Waals surface area contributed by atoms with Crippen LogP contribution in [0.25, 0.3) is 22.9 Å². The summed E-state index contributed by atoms with van der Waals surface area (Å²) in [5.74, 6) is 0.989. The molecule has 8 rings (SSSR count). The van der Waals surface area contributed by atoms with Crippen molar-refractivity contribution >= 4 is 40.2 Å². The topological polar surface area (TPSA) is 42.2 Å². The smallest absolute Gasteiger partial charge is 0.248 e. The molecule has 0 aliphatic carbocycles. The maximum atomic E-state index is 6.29. The lowest BCUT2D eigenvalue weighted by atomic mass is 10.1. The highest BCUT2D eigenvalue weighted by molar-refractivity contribution is 7.19. The molecule has 1 heterocycles. The SMILES string of the molecule is c1ccc(CN(c2ccccc2)c2ccc(-c3nnc(-c4ccc([Si](c5ccccc5)(c5ccccc5)c5ccccc5)cc4)o3)cc2)cc1. The summed E-state index contributed by atoms with van der Waals surface area (Å²) < 4.78 is 6.29. The molecular weight excluding hydrogens is 627 g/mol. The molecule has 50 heavy (non-hydrogen) atoms. The van der Waals surface area contributed by atoms with Crippen LogP contribution < -0.4 is 25.6 Å². The van der Waals surface area contributed by atoms with Crippen LogP contribution in [0.4, 0.5) is 11.4 Å². The minimum absolute atomic E-state index is 0.492. The molecule has 0 atom stereocenters. The van der Waals surface area contributed by atoms with Gasteiger partial charge in [0.1, 0.15) is 0 Å². The van der Waals surface area contributed by atoms with E-state index in [0.29, 0.717) is 11.8 Å². The summed E-state index contributed by atoms with van der Waals surface area (Å²) in [5, 5.41) is 14.2. The fourth-order valence-corrected chi connectivity index (χ4v) is 11.6. The van der Waals surface area contributed by atoms with Crippen LogP contribution in [0, 0.1) is 0 Å². The van der Waals surface area contributed by atoms with Gasteiger partial charge in [-0.05, 0) is 74.8 Å². The van der Waals surface area contributed by atoms with Gasteiger partial charge in [-0.1, -0.05) is 152 Å². The molecular formula is C45H35N3OSi. The van der Waals surface area contributed by atoms with Crippen LogP contribution in [0.15, 0.2) is 205 Å². The van der Waals surface area contributed by atoms with Gasteiger partial charge < -0.3 is 9.32 Å². The second-order valence-corrected chi connectivity index (χ2v) is 16.1. The van der Waals surface area contributed by atoms with E-state index in [4.69, 9.17) is 4.42 Å². The van der Waals surface area contributed by atoms with Crippen LogP contribution in [0.3, 0.4) is 0 Å². The minimum atomic E-state index is -2.61. The predicted molar refractivity (Wildman–Crippen MR) is 208 cm³/mol. The van der Waals surface area contributed by atoms with Crippen molar-refractivity contribution in [3.63, 3.8) is 0 Å². The number of nitrogens with zero attached hydrogens (tertiary/aromatic N) is 3. The van der Waals surface area contributed by atoms with Crippen molar-refractivity contribution in [2.75, 3.05) is 4.90 Å². The van der Waals surface area contributed by atoms with Crippen LogP contribution in [-0.4, -0.2) is 18.3 Å². The van der Waals surface area contributed by atoms with Gasteiger partial charge in [0.05, 0.1) is 0 Å². The summed E-state index contributed by atoms with van der Waals surface area (Å²) in [6.07, 6.45) is 0. The Morgan fingerprint density at radius 1 is 0.380 bits per heavy atom. The van der Waals surface area contributed by atoms with Gasteiger partial charge in [0.2, 0.25) is 11.8 Å². The standard InChI is InChI=1S/C45H35N3OSi/c1-6-16-35(17-7-1)34-48(38-18-8-2-9-19-38)39-30-26-36(27-31-39)44-46-47-45(49-44)37-28-32-43(33-29-37)50(40-20-10-3-11-21-40,41-22-12-4-13-23-41)42-24-14-5-15-25-42/h1-33H,34H2. The average Bonchev–Trinajstić information content (AvgIpc) is 3.70. The lowest BCUT2D eigenvalue weighted by Crippen LogP contribution is -2.74. The number of para-hydroxylation sites is 1. The van der Waals surface area contributed by atoms with Crippen LogP contribution in [0.5, 0.6) is 0 Å².